The van der Waals surface area contributed by atoms with Crippen molar-refractivity contribution in [2.24, 2.45) is 0 Å². The fourth-order valence-corrected chi connectivity index (χ4v) is 1.79. The third-order valence-corrected chi connectivity index (χ3v) is 2.66. The van der Waals surface area contributed by atoms with Gasteiger partial charge in [0.1, 0.15) is 11.3 Å². The van der Waals surface area contributed by atoms with E-state index in [0.29, 0.717) is 16.8 Å². The van der Waals surface area contributed by atoms with Gasteiger partial charge in [-0.1, -0.05) is 0 Å². The fourth-order valence-electron chi connectivity index (χ4n) is 1.79. The molecule has 0 aliphatic rings. The van der Waals surface area contributed by atoms with Crippen molar-refractivity contribution in [3.8, 4) is 5.75 Å². The number of ether oxygens (including phenoxy) is 1. The Hall–Kier alpha value is -2.21. The number of nitrogens with zero attached hydrogens (tertiary/aromatic N) is 2. The number of aromatic nitrogens is 2. The fraction of sp³-hybridized carbons (Fsp3) is 0.308. The van der Waals surface area contributed by atoms with Gasteiger partial charge in [-0.05, 0) is 25.1 Å². The number of carbonyl (C=O) groups excluding carboxylic acids is 1. The van der Waals surface area contributed by atoms with Crippen LogP contribution in [-0.4, -0.2) is 41.5 Å². The van der Waals surface area contributed by atoms with Crippen molar-refractivity contribution in [2.45, 2.75) is 6.92 Å². The smallest absolute Gasteiger partial charge is 0.251 e. The molecule has 0 radical (unpaired) electrons. The summed E-state index contributed by atoms with van der Waals surface area (Å²) in [4.78, 5) is 11.9. The van der Waals surface area contributed by atoms with Crippen LogP contribution in [0.1, 0.15) is 16.1 Å². The standard InChI is InChI=1S/C13H15N3O3/c1-8-5-9-6-10(13(18)14-3-4-17)7-11(19-2)12(9)16-15-8/h5-7,17H,3-4H2,1-2H3,(H,14,18). The molecule has 0 atom stereocenters. The van der Waals surface area contributed by atoms with Crippen molar-refractivity contribution in [3.05, 3.63) is 29.5 Å². The number of aryl methyl sites for hydroxylation is 1. The summed E-state index contributed by atoms with van der Waals surface area (Å²) < 4.78 is 5.23. The van der Waals surface area contributed by atoms with E-state index in [2.05, 4.69) is 15.5 Å². The maximum atomic E-state index is 11.9. The molecular weight excluding hydrogens is 246 g/mol. The lowest BCUT2D eigenvalue weighted by molar-refractivity contribution is 0.0944. The minimum Gasteiger partial charge on any atom is -0.494 e. The van der Waals surface area contributed by atoms with Crippen molar-refractivity contribution in [3.63, 3.8) is 0 Å². The van der Waals surface area contributed by atoms with E-state index in [4.69, 9.17) is 9.84 Å². The molecule has 0 bridgehead atoms. The van der Waals surface area contributed by atoms with E-state index in [1.807, 2.05) is 13.0 Å². The van der Waals surface area contributed by atoms with Gasteiger partial charge >= 0.3 is 0 Å². The highest BCUT2D eigenvalue weighted by atomic mass is 16.5. The minimum atomic E-state index is -0.260. The summed E-state index contributed by atoms with van der Waals surface area (Å²) in [6.07, 6.45) is 0. The van der Waals surface area contributed by atoms with Gasteiger partial charge in [-0.15, -0.1) is 5.10 Å². The first-order valence-electron chi connectivity index (χ1n) is 5.87. The Morgan fingerprint density at radius 2 is 2.16 bits per heavy atom. The summed E-state index contributed by atoms with van der Waals surface area (Å²) in [5.41, 5.74) is 1.85. The van der Waals surface area contributed by atoms with Gasteiger partial charge in [0.25, 0.3) is 5.91 Å². The number of aliphatic hydroxyl groups excluding tert-OH is 1. The van der Waals surface area contributed by atoms with Gasteiger partial charge in [-0.25, -0.2) is 0 Å². The molecule has 2 N–H and O–H groups in total. The van der Waals surface area contributed by atoms with E-state index >= 15 is 0 Å². The molecular formula is C13H15N3O3. The van der Waals surface area contributed by atoms with Crippen LogP contribution < -0.4 is 10.1 Å². The Bertz CT molecular complexity index is 613. The van der Waals surface area contributed by atoms with Crippen molar-refractivity contribution in [1.82, 2.24) is 15.5 Å². The van der Waals surface area contributed by atoms with Crippen molar-refractivity contribution in [1.29, 1.82) is 0 Å². The third kappa shape index (κ3) is 2.79. The molecule has 100 valence electrons. The summed E-state index contributed by atoms with van der Waals surface area (Å²) in [6, 6.07) is 5.18. The number of rotatable bonds is 4. The van der Waals surface area contributed by atoms with Gasteiger partial charge in [0.05, 0.1) is 19.4 Å². The molecule has 2 rings (SSSR count). The van der Waals surface area contributed by atoms with Gasteiger partial charge in [-0.2, -0.15) is 5.10 Å². The van der Waals surface area contributed by atoms with Crippen LogP contribution in [0.2, 0.25) is 0 Å². The zero-order valence-corrected chi connectivity index (χ0v) is 10.8. The second kappa shape index (κ2) is 5.62. The van der Waals surface area contributed by atoms with E-state index in [1.165, 1.54) is 7.11 Å². The molecule has 2 aromatic rings. The number of fused-ring (bicyclic) bond motifs is 1. The predicted octanol–water partition coefficient (Wildman–Crippen LogP) is 0.669. The molecule has 0 aliphatic carbocycles. The van der Waals surface area contributed by atoms with Crippen molar-refractivity contribution in [2.75, 3.05) is 20.3 Å². The molecule has 19 heavy (non-hydrogen) atoms. The number of carbonyl (C=O) groups is 1. The molecule has 0 saturated carbocycles. The van der Waals surface area contributed by atoms with Gasteiger partial charge in [0.2, 0.25) is 0 Å². The first kappa shape index (κ1) is 13.2. The predicted molar refractivity (Wildman–Crippen MR) is 70.2 cm³/mol. The Kier molecular flexibility index (Phi) is 3.91. The van der Waals surface area contributed by atoms with Crippen LogP contribution in [-0.2, 0) is 0 Å². The molecule has 0 fully saturated rings. The van der Waals surface area contributed by atoms with Crippen molar-refractivity contribution >= 4 is 16.8 Å². The number of methoxy groups -OCH3 is 1. The number of hydrogen-bond donors (Lipinski definition) is 2. The van der Waals surface area contributed by atoms with Gasteiger partial charge < -0.3 is 15.2 Å². The summed E-state index contributed by atoms with van der Waals surface area (Å²) in [7, 11) is 1.52. The third-order valence-electron chi connectivity index (χ3n) is 2.66. The largest absolute Gasteiger partial charge is 0.494 e. The van der Waals surface area contributed by atoms with E-state index < -0.39 is 0 Å². The monoisotopic (exact) mass is 261 g/mol. The second-order valence-electron chi connectivity index (χ2n) is 4.08. The van der Waals surface area contributed by atoms with Gasteiger partial charge in [-0.3, -0.25) is 4.79 Å². The van der Waals surface area contributed by atoms with Crippen LogP contribution in [0.5, 0.6) is 5.75 Å². The molecule has 0 unspecified atom stereocenters. The van der Waals surface area contributed by atoms with Crippen LogP contribution >= 0.6 is 0 Å². The summed E-state index contributed by atoms with van der Waals surface area (Å²) >= 11 is 0. The molecule has 6 heteroatoms. The molecule has 1 aromatic heterocycles. The van der Waals surface area contributed by atoms with Crippen LogP contribution in [0, 0.1) is 6.92 Å². The Morgan fingerprint density at radius 1 is 1.37 bits per heavy atom. The lowest BCUT2D eigenvalue weighted by atomic mass is 10.1. The average Bonchev–Trinajstić information content (AvgIpc) is 2.42. The highest BCUT2D eigenvalue weighted by Gasteiger charge is 2.12. The highest BCUT2D eigenvalue weighted by molar-refractivity contribution is 5.99. The summed E-state index contributed by atoms with van der Waals surface area (Å²) in [5, 5.41) is 20.1. The van der Waals surface area contributed by atoms with E-state index in [0.717, 1.165) is 11.1 Å². The molecule has 1 amide bonds. The van der Waals surface area contributed by atoms with Crippen LogP contribution in [0.4, 0.5) is 0 Å². The van der Waals surface area contributed by atoms with Crippen LogP contribution in [0.3, 0.4) is 0 Å². The Balaban J connectivity index is 2.48. The van der Waals surface area contributed by atoms with Crippen molar-refractivity contribution < 1.29 is 14.6 Å². The zero-order valence-electron chi connectivity index (χ0n) is 10.8. The lowest BCUT2D eigenvalue weighted by Gasteiger charge is -2.08. The van der Waals surface area contributed by atoms with Gasteiger partial charge in [0, 0.05) is 17.5 Å². The lowest BCUT2D eigenvalue weighted by Crippen LogP contribution is -2.26. The zero-order chi connectivity index (χ0) is 13.8. The van der Waals surface area contributed by atoms with Crippen LogP contribution in [0.25, 0.3) is 10.9 Å². The number of benzene rings is 1. The molecule has 0 saturated heterocycles. The minimum absolute atomic E-state index is 0.0962. The first-order chi connectivity index (χ1) is 9.15. The number of hydrogen-bond acceptors (Lipinski definition) is 5. The summed E-state index contributed by atoms with van der Waals surface area (Å²) in [6.45, 7) is 1.95. The second-order valence-corrected chi connectivity index (χ2v) is 4.08. The Morgan fingerprint density at radius 3 is 2.84 bits per heavy atom. The first-order valence-corrected chi connectivity index (χ1v) is 5.87. The molecule has 1 heterocycles. The molecule has 1 aromatic carbocycles. The van der Waals surface area contributed by atoms with E-state index in [-0.39, 0.29) is 19.1 Å². The number of amides is 1. The highest BCUT2D eigenvalue weighted by Crippen LogP contribution is 2.25. The maximum absolute atomic E-state index is 11.9. The Labute approximate surface area is 110 Å². The SMILES string of the molecule is COc1cc(C(=O)NCCO)cc2cc(C)nnc12. The van der Waals surface area contributed by atoms with Crippen LogP contribution in [0.15, 0.2) is 18.2 Å². The topological polar surface area (TPSA) is 84.3 Å². The normalized spacial score (nSPS) is 10.5. The van der Waals surface area contributed by atoms with Gasteiger partial charge in [0.15, 0.2) is 0 Å². The van der Waals surface area contributed by atoms with E-state index in [1.54, 1.807) is 12.1 Å². The average molecular weight is 261 g/mol. The quantitative estimate of drug-likeness (QED) is 0.845. The number of aliphatic hydroxyl groups is 1. The van der Waals surface area contributed by atoms with E-state index in [9.17, 15) is 4.79 Å². The molecule has 0 aliphatic heterocycles. The maximum Gasteiger partial charge on any atom is 0.251 e. The summed E-state index contributed by atoms with van der Waals surface area (Å²) in [5.74, 6) is 0.239. The molecule has 0 spiro atoms. The molecule has 6 nitrogen and oxygen atoms in total. The number of nitrogens with one attached hydrogen (secondary N) is 1.